The summed E-state index contributed by atoms with van der Waals surface area (Å²) in [6.45, 7) is 0. The highest BCUT2D eigenvalue weighted by Gasteiger charge is 2.20. The minimum atomic E-state index is -1.37. The third-order valence-corrected chi connectivity index (χ3v) is 2.05. The van der Waals surface area contributed by atoms with E-state index in [1.807, 2.05) is 0 Å². The van der Waals surface area contributed by atoms with Gasteiger partial charge in [-0.3, -0.25) is 14.9 Å². The van der Waals surface area contributed by atoms with Gasteiger partial charge in [0, 0.05) is 6.20 Å². The fourth-order valence-corrected chi connectivity index (χ4v) is 1.34. The van der Waals surface area contributed by atoms with E-state index in [0.717, 1.165) is 12.3 Å². The van der Waals surface area contributed by atoms with Crippen LogP contribution in [0, 0.1) is 10.1 Å². The summed E-state index contributed by atoms with van der Waals surface area (Å²) in [7, 11) is 0. The Labute approximate surface area is 81.0 Å². The molecule has 0 aliphatic carbocycles. The molecule has 7 nitrogen and oxygen atoms in total. The van der Waals surface area contributed by atoms with Crippen molar-refractivity contribution in [2.45, 2.75) is 4.90 Å². The number of nitrogens with one attached hydrogen (secondary N) is 1. The molecule has 0 saturated heterocycles. The van der Waals surface area contributed by atoms with Gasteiger partial charge in [-0.2, -0.15) is 0 Å². The lowest BCUT2D eigenvalue weighted by atomic mass is 10.3. The van der Waals surface area contributed by atoms with E-state index < -0.39 is 20.8 Å². The van der Waals surface area contributed by atoms with E-state index in [-0.39, 0.29) is 17.5 Å². The molecule has 0 spiro atoms. The van der Waals surface area contributed by atoms with Crippen molar-refractivity contribution in [1.82, 2.24) is 4.98 Å². The Hall–Kier alpha value is -1.83. The number of pyridine rings is 1. The number of carboxylic acids is 1. The van der Waals surface area contributed by atoms with E-state index >= 15 is 0 Å². The highest BCUT2D eigenvalue weighted by atomic mass is 32.2. The fourth-order valence-electron chi connectivity index (χ4n) is 0.798. The molecule has 1 aromatic heterocycles. The van der Waals surface area contributed by atoms with Crippen LogP contribution in [0.1, 0.15) is 10.4 Å². The van der Waals surface area contributed by atoms with Crippen LogP contribution < -0.4 is 5.56 Å². The van der Waals surface area contributed by atoms with Gasteiger partial charge in [-0.15, -0.1) is 0 Å². The van der Waals surface area contributed by atoms with E-state index in [2.05, 4.69) is 4.98 Å². The number of nitro groups is 1. The van der Waals surface area contributed by atoms with Crippen LogP contribution in [-0.4, -0.2) is 20.4 Å². The van der Waals surface area contributed by atoms with E-state index in [9.17, 15) is 19.7 Å². The molecule has 0 aliphatic heterocycles. The molecule has 1 rings (SSSR count). The van der Waals surface area contributed by atoms with Crippen molar-refractivity contribution < 1.29 is 14.2 Å². The molecule has 0 fully saturated rings. The van der Waals surface area contributed by atoms with Crippen molar-refractivity contribution in [3.63, 3.8) is 0 Å². The van der Waals surface area contributed by atoms with Gasteiger partial charge in [0.05, 0.1) is 5.56 Å². The van der Waals surface area contributed by atoms with Crippen molar-refractivity contribution in [2.75, 3.05) is 0 Å². The largest absolute Gasteiger partial charge is 0.478 e. The lowest BCUT2D eigenvalue weighted by molar-refractivity contribution is -0.284. The second kappa shape index (κ2) is 3.92. The van der Waals surface area contributed by atoms with Gasteiger partial charge in [-0.1, -0.05) is 0 Å². The number of carbonyl (C=O) groups is 1. The van der Waals surface area contributed by atoms with Crippen molar-refractivity contribution in [3.05, 3.63) is 38.3 Å². The van der Waals surface area contributed by atoms with E-state index in [1.165, 1.54) is 0 Å². The molecule has 1 aromatic rings. The van der Waals surface area contributed by atoms with Gasteiger partial charge in [0.1, 0.15) is 4.33 Å². The number of nitrogens with zero attached hydrogens (tertiary/aromatic N) is 1. The molecule has 0 atom stereocenters. The van der Waals surface area contributed by atoms with Crippen molar-refractivity contribution in [2.24, 2.45) is 0 Å². The lowest BCUT2D eigenvalue weighted by Crippen LogP contribution is -2.14. The molecular formula is C6H4N2O5S. The second-order valence-electron chi connectivity index (χ2n) is 2.17. The average Bonchev–Trinajstić information content (AvgIpc) is 2.07. The lowest BCUT2D eigenvalue weighted by Gasteiger charge is -1.96. The quantitative estimate of drug-likeness (QED) is 0.428. The molecule has 0 amide bonds. The van der Waals surface area contributed by atoms with Crippen LogP contribution in [0.25, 0.3) is 0 Å². The van der Waals surface area contributed by atoms with Gasteiger partial charge in [0.2, 0.25) is 0 Å². The molecule has 0 radical (unpaired) electrons. The number of H-pyrrole nitrogens is 1. The summed E-state index contributed by atoms with van der Waals surface area (Å²) in [4.78, 5) is 33.5. The van der Waals surface area contributed by atoms with Crippen LogP contribution in [0.4, 0.5) is 0 Å². The maximum absolute atomic E-state index is 11.0. The van der Waals surface area contributed by atoms with Gasteiger partial charge in [-0.05, 0) is 6.07 Å². The smallest absolute Gasteiger partial charge is 0.337 e. The molecule has 14 heavy (non-hydrogen) atoms. The molecule has 0 saturated carbocycles. The summed E-state index contributed by atoms with van der Waals surface area (Å²) in [5, 5.41) is 18.7. The highest BCUT2D eigenvalue weighted by molar-refractivity contribution is 7.93. The van der Waals surface area contributed by atoms with Crippen LogP contribution in [0.3, 0.4) is 0 Å². The zero-order valence-corrected chi connectivity index (χ0v) is 7.41. The summed E-state index contributed by atoms with van der Waals surface area (Å²) >= 11 is -0.0224. The summed E-state index contributed by atoms with van der Waals surface area (Å²) in [6.07, 6.45) is 1.12. The fraction of sp³-hybridized carbons (Fsp3) is 0. The first-order valence-corrected chi connectivity index (χ1v) is 4.07. The van der Waals surface area contributed by atoms with Gasteiger partial charge in [-0.25, -0.2) is 4.79 Å². The van der Waals surface area contributed by atoms with Crippen LogP contribution in [-0.2, 0) is 0 Å². The predicted octanol–water partition coefficient (Wildman–Crippen LogP) is 0.357. The molecule has 0 bridgehead atoms. The Morgan fingerprint density at radius 2 is 2.29 bits per heavy atom. The molecule has 2 N–H and O–H groups in total. The minimum absolute atomic E-state index is 0.0224. The molecule has 8 heteroatoms. The average molecular weight is 216 g/mol. The zero-order valence-electron chi connectivity index (χ0n) is 6.59. The van der Waals surface area contributed by atoms with Gasteiger partial charge in [0.25, 0.3) is 17.5 Å². The monoisotopic (exact) mass is 216 g/mol. The van der Waals surface area contributed by atoms with E-state index in [1.54, 1.807) is 0 Å². The first-order chi connectivity index (χ1) is 6.52. The molecule has 0 aromatic carbocycles. The first-order valence-electron chi connectivity index (χ1n) is 3.29. The molecular weight excluding hydrogens is 212 g/mol. The van der Waals surface area contributed by atoms with Gasteiger partial charge in [0.15, 0.2) is 4.90 Å². The maximum atomic E-state index is 11.0. The zero-order chi connectivity index (χ0) is 10.7. The molecule has 0 unspecified atom stereocenters. The number of aromatic carboxylic acids is 1. The van der Waals surface area contributed by atoms with Crippen LogP contribution in [0.2, 0.25) is 0 Å². The number of carboxylic acid groups (broad SMARTS) is 1. The number of hydrogen-bond acceptors (Lipinski definition) is 5. The Bertz CT molecular complexity index is 440. The van der Waals surface area contributed by atoms with E-state index in [0.29, 0.717) is 0 Å². The Morgan fingerprint density at radius 1 is 1.64 bits per heavy atom. The van der Waals surface area contributed by atoms with Crippen molar-refractivity contribution in [1.29, 1.82) is 0 Å². The summed E-state index contributed by atoms with van der Waals surface area (Å²) in [5.41, 5.74) is -1.16. The number of aromatic nitrogens is 1. The predicted molar refractivity (Wildman–Crippen MR) is 46.9 cm³/mol. The Morgan fingerprint density at radius 3 is 2.79 bits per heavy atom. The third kappa shape index (κ3) is 2.10. The number of aromatic amines is 1. The Balaban J connectivity index is 3.29. The molecule has 1 heterocycles. The van der Waals surface area contributed by atoms with Gasteiger partial charge < -0.3 is 10.1 Å². The summed E-state index contributed by atoms with van der Waals surface area (Å²) in [5.74, 6) is -1.37. The van der Waals surface area contributed by atoms with Crippen molar-refractivity contribution in [3.8, 4) is 0 Å². The molecule has 74 valence electrons. The standard InChI is InChI=1S/C6H4N2O5S/c9-5-4(14-8(12)13)3(6(10)11)1-2-7-5/h1-2H,(H,7,9)(H,10,11). The normalized spacial score (nSPS) is 9.71. The summed E-state index contributed by atoms with van der Waals surface area (Å²) < 4.78 is -0.836. The Kier molecular flexibility index (Phi) is 2.87. The minimum Gasteiger partial charge on any atom is -0.478 e. The number of rotatable bonds is 3. The summed E-state index contributed by atoms with van der Waals surface area (Å²) in [6, 6.07) is 1.09. The van der Waals surface area contributed by atoms with Gasteiger partial charge >= 0.3 is 5.97 Å². The molecule has 0 aliphatic rings. The highest BCUT2D eigenvalue weighted by Crippen LogP contribution is 2.17. The second-order valence-corrected chi connectivity index (χ2v) is 3.06. The maximum Gasteiger partial charge on any atom is 0.337 e. The number of hydrogen-bond donors (Lipinski definition) is 2. The first kappa shape index (κ1) is 10.3. The van der Waals surface area contributed by atoms with Crippen LogP contribution >= 0.6 is 11.9 Å². The van der Waals surface area contributed by atoms with E-state index in [4.69, 9.17) is 5.11 Å². The van der Waals surface area contributed by atoms with Crippen LogP contribution in [0.5, 0.6) is 0 Å². The SMILES string of the molecule is O=C(O)c1cc[nH]c(=O)c1S[N+](=O)[O-]. The topological polar surface area (TPSA) is 113 Å². The third-order valence-electron chi connectivity index (χ3n) is 1.31. The van der Waals surface area contributed by atoms with Crippen LogP contribution in [0.15, 0.2) is 22.0 Å². The van der Waals surface area contributed by atoms with Crippen molar-refractivity contribution >= 4 is 17.9 Å².